The molecule has 2 N–H and O–H groups in total. The molecule has 0 unspecified atom stereocenters. The predicted octanol–water partition coefficient (Wildman–Crippen LogP) is 4.89. The van der Waals surface area contributed by atoms with Gasteiger partial charge in [-0.3, -0.25) is 9.48 Å². The van der Waals surface area contributed by atoms with Crippen molar-refractivity contribution in [2.24, 2.45) is 7.05 Å². The molecule has 0 bridgehead atoms. The molecule has 0 atom stereocenters. The zero-order valence-electron chi connectivity index (χ0n) is 17.6. The highest BCUT2D eigenvalue weighted by Crippen LogP contribution is 2.41. The molecule has 0 saturated heterocycles. The molecular weight excluding hydrogens is 435 g/mol. The third kappa shape index (κ3) is 4.28. The van der Waals surface area contributed by atoms with E-state index in [1.165, 1.54) is 10.9 Å². The molecule has 170 valence electrons. The molecule has 10 heteroatoms. The standard InChI is InChI=1S/C23H20F3N5O2/c1-31-12-21(29-30-31)22(32)28-20-11-27-19-7-6-16(10-18(19)20)33-17-8-14(9-17)13-2-4-15(5-3-13)23(24,25)26/h2-7,10-12,14,17,27H,8-9H2,1H3,(H,28,32)/t14-,17+. The van der Waals surface area contributed by atoms with Crippen LogP contribution in [0.5, 0.6) is 5.75 Å². The first-order valence-corrected chi connectivity index (χ1v) is 10.4. The SMILES string of the molecule is Cn1cc(C(=O)Nc2c[nH]c3ccc(O[C@H]4C[C@@H](c5ccc(C(F)(F)F)cc5)C4)cc23)nn1. The van der Waals surface area contributed by atoms with Crippen molar-refractivity contribution in [2.75, 3.05) is 5.32 Å². The third-order valence-corrected chi connectivity index (χ3v) is 5.84. The van der Waals surface area contributed by atoms with Crippen molar-refractivity contribution >= 4 is 22.5 Å². The lowest BCUT2D eigenvalue weighted by Gasteiger charge is -2.35. The molecular formula is C23H20F3N5O2. The topological polar surface area (TPSA) is 84.8 Å². The van der Waals surface area contributed by atoms with Gasteiger partial charge in [0.1, 0.15) is 5.75 Å². The first-order chi connectivity index (χ1) is 15.8. The number of fused-ring (bicyclic) bond motifs is 1. The lowest BCUT2D eigenvalue weighted by atomic mass is 9.77. The van der Waals surface area contributed by atoms with Crippen molar-refractivity contribution in [3.05, 3.63) is 71.7 Å². The van der Waals surface area contributed by atoms with Gasteiger partial charge in [-0.05, 0) is 54.7 Å². The van der Waals surface area contributed by atoms with E-state index in [-0.39, 0.29) is 23.6 Å². The molecule has 5 rings (SSSR count). The number of halogens is 3. The van der Waals surface area contributed by atoms with Crippen LogP contribution in [0.4, 0.5) is 18.9 Å². The molecule has 0 aliphatic heterocycles. The van der Waals surface area contributed by atoms with Gasteiger partial charge in [-0.1, -0.05) is 17.3 Å². The van der Waals surface area contributed by atoms with Gasteiger partial charge in [-0.25, -0.2) is 0 Å². The third-order valence-electron chi connectivity index (χ3n) is 5.84. The summed E-state index contributed by atoms with van der Waals surface area (Å²) in [6.07, 6.45) is 0.341. The second-order valence-corrected chi connectivity index (χ2v) is 8.17. The molecule has 1 aliphatic carbocycles. The van der Waals surface area contributed by atoms with Crippen molar-refractivity contribution in [1.82, 2.24) is 20.0 Å². The number of anilines is 1. The maximum Gasteiger partial charge on any atom is 0.416 e. The van der Waals surface area contributed by atoms with Crippen LogP contribution in [-0.4, -0.2) is 32.0 Å². The fourth-order valence-corrected chi connectivity index (χ4v) is 3.98. The summed E-state index contributed by atoms with van der Waals surface area (Å²) >= 11 is 0. The van der Waals surface area contributed by atoms with Gasteiger partial charge in [-0.15, -0.1) is 5.10 Å². The first kappa shape index (κ1) is 21.0. The number of aromatic nitrogens is 4. The number of aromatic amines is 1. The predicted molar refractivity (Wildman–Crippen MR) is 115 cm³/mol. The smallest absolute Gasteiger partial charge is 0.416 e. The van der Waals surface area contributed by atoms with Gasteiger partial charge in [0.05, 0.1) is 23.6 Å². The molecule has 2 heterocycles. The summed E-state index contributed by atoms with van der Waals surface area (Å²) < 4.78 is 45.8. The maximum atomic E-state index is 12.7. The molecule has 4 aromatic rings. The second-order valence-electron chi connectivity index (χ2n) is 8.17. The van der Waals surface area contributed by atoms with Gasteiger partial charge in [0.25, 0.3) is 5.91 Å². The van der Waals surface area contributed by atoms with E-state index in [4.69, 9.17) is 4.74 Å². The summed E-state index contributed by atoms with van der Waals surface area (Å²) in [4.78, 5) is 15.5. The molecule has 2 aromatic carbocycles. The Kier molecular flexibility index (Phi) is 5.07. The number of nitrogens with zero attached hydrogens (tertiary/aromatic N) is 3. The summed E-state index contributed by atoms with van der Waals surface area (Å²) in [7, 11) is 1.68. The number of nitrogens with one attached hydrogen (secondary N) is 2. The Morgan fingerprint density at radius 1 is 1.18 bits per heavy atom. The molecule has 0 radical (unpaired) electrons. The van der Waals surface area contributed by atoms with Crippen molar-refractivity contribution in [3.8, 4) is 5.75 Å². The van der Waals surface area contributed by atoms with Crippen LogP contribution in [0, 0.1) is 0 Å². The van der Waals surface area contributed by atoms with Crippen LogP contribution in [0.2, 0.25) is 0 Å². The Bertz CT molecular complexity index is 1300. The van der Waals surface area contributed by atoms with Gasteiger partial charge >= 0.3 is 6.18 Å². The number of rotatable bonds is 5. The van der Waals surface area contributed by atoms with Crippen molar-refractivity contribution in [2.45, 2.75) is 31.0 Å². The lowest BCUT2D eigenvalue weighted by Crippen LogP contribution is -2.32. The van der Waals surface area contributed by atoms with Crippen LogP contribution in [0.3, 0.4) is 0 Å². The summed E-state index contributed by atoms with van der Waals surface area (Å²) in [5.74, 6) is 0.469. The fraction of sp³-hybridized carbons (Fsp3) is 0.261. The highest BCUT2D eigenvalue weighted by atomic mass is 19.4. The number of amides is 1. The largest absolute Gasteiger partial charge is 0.490 e. The van der Waals surface area contributed by atoms with Crippen LogP contribution < -0.4 is 10.1 Å². The van der Waals surface area contributed by atoms with Crippen LogP contribution in [0.1, 0.15) is 40.4 Å². The van der Waals surface area contributed by atoms with Crippen molar-refractivity contribution in [3.63, 3.8) is 0 Å². The lowest BCUT2D eigenvalue weighted by molar-refractivity contribution is -0.137. The molecule has 33 heavy (non-hydrogen) atoms. The number of aryl methyl sites for hydroxylation is 1. The minimum atomic E-state index is -4.33. The number of alkyl halides is 3. The molecule has 1 amide bonds. The zero-order valence-corrected chi connectivity index (χ0v) is 17.6. The van der Waals surface area contributed by atoms with Crippen LogP contribution in [-0.2, 0) is 13.2 Å². The number of carbonyl (C=O) groups excluding carboxylic acids is 1. The monoisotopic (exact) mass is 455 g/mol. The molecule has 1 aliphatic rings. The van der Waals surface area contributed by atoms with Crippen molar-refractivity contribution in [1.29, 1.82) is 0 Å². The van der Waals surface area contributed by atoms with Crippen LogP contribution >= 0.6 is 0 Å². The minimum Gasteiger partial charge on any atom is -0.490 e. The fourth-order valence-electron chi connectivity index (χ4n) is 3.98. The molecule has 2 aromatic heterocycles. The van der Waals surface area contributed by atoms with E-state index >= 15 is 0 Å². The molecule has 7 nitrogen and oxygen atoms in total. The van der Waals surface area contributed by atoms with Gasteiger partial charge < -0.3 is 15.0 Å². The van der Waals surface area contributed by atoms with Crippen LogP contribution in [0.15, 0.2) is 54.9 Å². The summed E-state index contributed by atoms with van der Waals surface area (Å²) in [6.45, 7) is 0. The number of hydrogen-bond acceptors (Lipinski definition) is 4. The minimum absolute atomic E-state index is 0.0219. The van der Waals surface area contributed by atoms with E-state index in [0.29, 0.717) is 11.4 Å². The summed E-state index contributed by atoms with van der Waals surface area (Å²) in [5, 5.41) is 11.2. The quantitative estimate of drug-likeness (QED) is 0.449. The zero-order chi connectivity index (χ0) is 23.2. The highest BCUT2D eigenvalue weighted by molar-refractivity contribution is 6.08. The number of carbonyl (C=O) groups is 1. The Labute approximate surface area is 186 Å². The van der Waals surface area contributed by atoms with Gasteiger partial charge in [0, 0.05) is 24.1 Å². The van der Waals surface area contributed by atoms with E-state index in [9.17, 15) is 18.0 Å². The Balaban J connectivity index is 1.23. The van der Waals surface area contributed by atoms with E-state index in [1.807, 2.05) is 18.2 Å². The Morgan fingerprint density at radius 3 is 2.61 bits per heavy atom. The molecule has 0 spiro atoms. The number of H-pyrrole nitrogens is 1. The van der Waals surface area contributed by atoms with E-state index < -0.39 is 11.7 Å². The maximum absolute atomic E-state index is 12.7. The number of benzene rings is 2. The van der Waals surface area contributed by atoms with E-state index in [2.05, 4.69) is 20.6 Å². The van der Waals surface area contributed by atoms with E-state index in [0.717, 1.165) is 41.4 Å². The second kappa shape index (κ2) is 7.95. The van der Waals surface area contributed by atoms with Gasteiger partial charge in [-0.2, -0.15) is 13.2 Å². The summed E-state index contributed by atoms with van der Waals surface area (Å²) in [5.41, 5.74) is 1.90. The molecule has 1 fully saturated rings. The highest BCUT2D eigenvalue weighted by Gasteiger charge is 2.34. The van der Waals surface area contributed by atoms with E-state index in [1.54, 1.807) is 25.4 Å². The van der Waals surface area contributed by atoms with Gasteiger partial charge in [0.15, 0.2) is 5.69 Å². The summed E-state index contributed by atoms with van der Waals surface area (Å²) in [6, 6.07) is 10.9. The Hall–Kier alpha value is -3.82. The molecule has 1 saturated carbocycles. The van der Waals surface area contributed by atoms with Crippen molar-refractivity contribution < 1.29 is 22.7 Å². The number of hydrogen-bond donors (Lipinski definition) is 2. The number of ether oxygens (including phenoxy) is 1. The van der Waals surface area contributed by atoms with Crippen LogP contribution in [0.25, 0.3) is 10.9 Å². The van der Waals surface area contributed by atoms with Gasteiger partial charge in [0.2, 0.25) is 0 Å². The normalized spacial score (nSPS) is 18.2. The Morgan fingerprint density at radius 2 is 1.94 bits per heavy atom. The average Bonchev–Trinajstić information content (AvgIpc) is 3.36. The average molecular weight is 455 g/mol. The first-order valence-electron chi connectivity index (χ1n) is 10.4.